The molecule has 0 spiro atoms. The lowest BCUT2D eigenvalue weighted by Crippen LogP contribution is -2.15. The Balaban J connectivity index is 2.50. The smallest absolute Gasteiger partial charge is 0.330 e. The molecule has 0 radical (unpaired) electrons. The first-order chi connectivity index (χ1) is 8.26. The van der Waals surface area contributed by atoms with Crippen LogP contribution >= 0.6 is 0 Å². The summed E-state index contributed by atoms with van der Waals surface area (Å²) in [6, 6.07) is 7.50. The molecule has 1 aromatic rings. The van der Waals surface area contributed by atoms with Crippen molar-refractivity contribution in [2.45, 2.75) is 0 Å². The van der Waals surface area contributed by atoms with Gasteiger partial charge in [-0.1, -0.05) is 12.1 Å². The molecule has 0 fully saturated rings. The SMILES string of the molecule is CNCCOc1ccc(/C=C/C(=O)OC)cc1. The van der Waals surface area contributed by atoms with Gasteiger partial charge in [-0.15, -0.1) is 0 Å². The Morgan fingerprint density at radius 3 is 2.65 bits per heavy atom. The van der Waals surface area contributed by atoms with Gasteiger partial charge >= 0.3 is 5.97 Å². The van der Waals surface area contributed by atoms with Crippen molar-refractivity contribution in [1.82, 2.24) is 5.32 Å². The van der Waals surface area contributed by atoms with Crippen molar-refractivity contribution in [2.24, 2.45) is 0 Å². The van der Waals surface area contributed by atoms with Gasteiger partial charge in [-0.3, -0.25) is 0 Å². The Kier molecular flexibility index (Phi) is 5.82. The molecule has 0 saturated carbocycles. The van der Waals surface area contributed by atoms with Crippen molar-refractivity contribution in [3.8, 4) is 5.75 Å². The summed E-state index contributed by atoms with van der Waals surface area (Å²) in [4.78, 5) is 10.9. The van der Waals surface area contributed by atoms with E-state index in [9.17, 15) is 4.79 Å². The monoisotopic (exact) mass is 235 g/mol. The van der Waals surface area contributed by atoms with Crippen LogP contribution < -0.4 is 10.1 Å². The van der Waals surface area contributed by atoms with Crippen LogP contribution in [0.4, 0.5) is 0 Å². The van der Waals surface area contributed by atoms with Crippen LogP contribution in [0.3, 0.4) is 0 Å². The second kappa shape index (κ2) is 7.46. The first-order valence-electron chi connectivity index (χ1n) is 5.39. The Bertz CT molecular complexity index is 371. The van der Waals surface area contributed by atoms with Gasteiger partial charge in [-0.2, -0.15) is 0 Å². The van der Waals surface area contributed by atoms with Crippen LogP contribution in [0.5, 0.6) is 5.75 Å². The summed E-state index contributed by atoms with van der Waals surface area (Å²) in [7, 11) is 3.23. The van der Waals surface area contributed by atoms with Crippen molar-refractivity contribution in [3.63, 3.8) is 0 Å². The van der Waals surface area contributed by atoms with Crippen LogP contribution in [-0.4, -0.2) is 33.3 Å². The maximum atomic E-state index is 10.9. The lowest BCUT2D eigenvalue weighted by atomic mass is 10.2. The quantitative estimate of drug-likeness (QED) is 0.461. The highest BCUT2D eigenvalue weighted by atomic mass is 16.5. The molecule has 92 valence electrons. The van der Waals surface area contributed by atoms with Gasteiger partial charge < -0.3 is 14.8 Å². The summed E-state index contributed by atoms with van der Waals surface area (Å²) in [6.45, 7) is 1.44. The van der Waals surface area contributed by atoms with E-state index in [0.29, 0.717) is 6.61 Å². The molecule has 1 N–H and O–H groups in total. The lowest BCUT2D eigenvalue weighted by Gasteiger charge is -2.05. The zero-order chi connectivity index (χ0) is 12.5. The van der Waals surface area contributed by atoms with E-state index < -0.39 is 0 Å². The minimum Gasteiger partial charge on any atom is -0.492 e. The van der Waals surface area contributed by atoms with Crippen molar-refractivity contribution in [1.29, 1.82) is 0 Å². The molecule has 0 aliphatic heterocycles. The fourth-order valence-corrected chi connectivity index (χ4v) is 1.18. The predicted molar refractivity (Wildman–Crippen MR) is 66.9 cm³/mol. The first kappa shape index (κ1) is 13.3. The van der Waals surface area contributed by atoms with Crippen LogP contribution in [0.15, 0.2) is 30.3 Å². The fraction of sp³-hybridized carbons (Fsp3) is 0.308. The van der Waals surface area contributed by atoms with E-state index in [-0.39, 0.29) is 5.97 Å². The standard InChI is InChI=1S/C13H17NO3/c1-14-9-10-17-12-6-3-11(4-7-12)5-8-13(15)16-2/h3-8,14H,9-10H2,1-2H3/b8-5+. The molecular weight excluding hydrogens is 218 g/mol. The van der Waals surface area contributed by atoms with Crippen LogP contribution in [0, 0.1) is 0 Å². The second-order valence-electron chi connectivity index (χ2n) is 3.38. The highest BCUT2D eigenvalue weighted by Crippen LogP contribution is 2.12. The summed E-state index contributed by atoms with van der Waals surface area (Å²) in [5.74, 6) is 0.454. The molecule has 17 heavy (non-hydrogen) atoms. The normalized spacial score (nSPS) is 10.5. The van der Waals surface area contributed by atoms with Crippen LogP contribution in [-0.2, 0) is 9.53 Å². The molecule has 0 atom stereocenters. The van der Waals surface area contributed by atoms with Gasteiger partial charge in [0.05, 0.1) is 7.11 Å². The van der Waals surface area contributed by atoms with Crippen molar-refractivity contribution in [3.05, 3.63) is 35.9 Å². The van der Waals surface area contributed by atoms with E-state index in [2.05, 4.69) is 10.1 Å². The van der Waals surface area contributed by atoms with Crippen LogP contribution in [0.1, 0.15) is 5.56 Å². The number of ether oxygens (including phenoxy) is 2. The molecule has 0 aliphatic rings. The Labute approximate surface area is 101 Å². The number of hydrogen-bond donors (Lipinski definition) is 1. The van der Waals surface area contributed by atoms with Crippen molar-refractivity contribution in [2.75, 3.05) is 27.3 Å². The fourth-order valence-electron chi connectivity index (χ4n) is 1.18. The third-order valence-electron chi connectivity index (χ3n) is 2.11. The Hall–Kier alpha value is -1.81. The van der Waals surface area contributed by atoms with Crippen LogP contribution in [0.2, 0.25) is 0 Å². The molecule has 0 aromatic heterocycles. The molecule has 4 heteroatoms. The Morgan fingerprint density at radius 1 is 1.35 bits per heavy atom. The van der Waals surface area contributed by atoms with Gasteiger partial charge in [0.1, 0.15) is 12.4 Å². The highest BCUT2D eigenvalue weighted by Gasteiger charge is 1.94. The lowest BCUT2D eigenvalue weighted by molar-refractivity contribution is -0.134. The van der Waals surface area contributed by atoms with E-state index in [4.69, 9.17) is 4.74 Å². The number of likely N-dealkylation sites (N-methyl/N-ethyl adjacent to an activating group) is 1. The maximum absolute atomic E-state index is 10.9. The van der Waals surface area contributed by atoms with E-state index in [1.54, 1.807) is 6.08 Å². The molecule has 0 heterocycles. The number of carbonyl (C=O) groups is 1. The number of methoxy groups -OCH3 is 1. The topological polar surface area (TPSA) is 47.6 Å². The van der Waals surface area contributed by atoms with Gasteiger partial charge in [0, 0.05) is 12.6 Å². The third-order valence-corrected chi connectivity index (χ3v) is 2.11. The summed E-state index contributed by atoms with van der Waals surface area (Å²) >= 11 is 0. The molecule has 4 nitrogen and oxygen atoms in total. The van der Waals surface area contributed by atoms with Gasteiger partial charge in [-0.25, -0.2) is 4.79 Å². The second-order valence-corrected chi connectivity index (χ2v) is 3.38. The van der Waals surface area contributed by atoms with E-state index >= 15 is 0 Å². The van der Waals surface area contributed by atoms with Crippen LogP contribution in [0.25, 0.3) is 6.08 Å². The highest BCUT2D eigenvalue weighted by molar-refractivity contribution is 5.86. The first-order valence-corrected chi connectivity index (χ1v) is 5.39. The zero-order valence-corrected chi connectivity index (χ0v) is 10.1. The molecule has 1 aromatic carbocycles. The van der Waals surface area contributed by atoms with Gasteiger partial charge in [0.15, 0.2) is 0 Å². The van der Waals surface area contributed by atoms with E-state index in [0.717, 1.165) is 17.9 Å². The average molecular weight is 235 g/mol. The number of carbonyl (C=O) groups excluding carboxylic acids is 1. The number of rotatable bonds is 6. The van der Waals surface area contributed by atoms with Gasteiger partial charge in [-0.05, 0) is 30.8 Å². The van der Waals surface area contributed by atoms with Gasteiger partial charge in [0.2, 0.25) is 0 Å². The third kappa shape index (κ3) is 5.17. The minimum absolute atomic E-state index is 0.362. The number of esters is 1. The predicted octanol–water partition coefficient (Wildman–Crippen LogP) is 1.47. The molecule has 0 bridgehead atoms. The number of benzene rings is 1. The summed E-state index contributed by atoms with van der Waals surface area (Å²) in [6.07, 6.45) is 3.08. The van der Waals surface area contributed by atoms with Gasteiger partial charge in [0.25, 0.3) is 0 Å². The van der Waals surface area contributed by atoms with Crippen molar-refractivity contribution >= 4 is 12.0 Å². The molecule has 0 aliphatic carbocycles. The van der Waals surface area contributed by atoms with Crippen molar-refractivity contribution < 1.29 is 14.3 Å². The minimum atomic E-state index is -0.362. The number of nitrogens with one attached hydrogen (secondary N) is 1. The van der Waals surface area contributed by atoms with E-state index in [1.807, 2.05) is 31.3 Å². The zero-order valence-electron chi connectivity index (χ0n) is 10.1. The summed E-state index contributed by atoms with van der Waals surface area (Å²) in [5.41, 5.74) is 0.927. The molecule has 0 saturated heterocycles. The number of hydrogen-bond acceptors (Lipinski definition) is 4. The molecule has 1 rings (SSSR count). The molecule has 0 unspecified atom stereocenters. The Morgan fingerprint density at radius 2 is 2.06 bits per heavy atom. The summed E-state index contributed by atoms with van der Waals surface area (Å²) < 4.78 is 9.97. The summed E-state index contributed by atoms with van der Waals surface area (Å²) in [5, 5.41) is 3.00. The maximum Gasteiger partial charge on any atom is 0.330 e. The largest absolute Gasteiger partial charge is 0.492 e. The average Bonchev–Trinajstić information content (AvgIpc) is 2.37. The molecular formula is C13H17NO3. The van der Waals surface area contributed by atoms with E-state index in [1.165, 1.54) is 13.2 Å². The molecule has 0 amide bonds.